The van der Waals surface area contributed by atoms with Gasteiger partial charge in [-0.15, -0.1) is 0 Å². The van der Waals surface area contributed by atoms with Gasteiger partial charge in [0.2, 0.25) is 5.91 Å². The van der Waals surface area contributed by atoms with Crippen molar-refractivity contribution in [2.45, 2.75) is 51.7 Å². The van der Waals surface area contributed by atoms with Crippen molar-refractivity contribution >= 4 is 11.8 Å². The van der Waals surface area contributed by atoms with Crippen LogP contribution in [0.15, 0.2) is 41.1 Å². The summed E-state index contributed by atoms with van der Waals surface area (Å²) in [5.41, 5.74) is 1.10. The highest BCUT2D eigenvalue weighted by atomic mass is 16.3. The van der Waals surface area contributed by atoms with Gasteiger partial charge in [-0.1, -0.05) is 6.92 Å². The molecule has 3 rings (SSSR count). The second-order valence-corrected chi connectivity index (χ2v) is 7.03. The Balaban J connectivity index is 1.74. The minimum Gasteiger partial charge on any atom is -0.459 e. The molecular formula is C20H27N3O3. The molecular weight excluding hydrogens is 330 g/mol. The van der Waals surface area contributed by atoms with E-state index < -0.39 is 0 Å². The molecule has 1 atom stereocenters. The third kappa shape index (κ3) is 4.00. The molecule has 0 radical (unpaired) electrons. The van der Waals surface area contributed by atoms with Crippen LogP contribution in [0.25, 0.3) is 0 Å². The SMILES string of the molecule is CCC(C)N(CC(=O)N(Cc1cccn1C)C1CC1)C(=O)c1ccco1. The average molecular weight is 357 g/mol. The number of nitrogens with zero attached hydrogens (tertiary/aromatic N) is 3. The molecule has 2 amide bonds. The van der Waals surface area contributed by atoms with Crippen molar-refractivity contribution < 1.29 is 14.0 Å². The van der Waals surface area contributed by atoms with Crippen molar-refractivity contribution in [3.63, 3.8) is 0 Å². The summed E-state index contributed by atoms with van der Waals surface area (Å²) in [5, 5.41) is 0. The average Bonchev–Trinajstić information content (AvgIpc) is 3.16. The molecule has 1 saturated carbocycles. The van der Waals surface area contributed by atoms with Gasteiger partial charge in [0.25, 0.3) is 5.91 Å². The van der Waals surface area contributed by atoms with Crippen LogP contribution >= 0.6 is 0 Å². The summed E-state index contributed by atoms with van der Waals surface area (Å²) in [7, 11) is 1.98. The molecule has 0 aliphatic heterocycles. The van der Waals surface area contributed by atoms with Crippen molar-refractivity contribution in [2.24, 2.45) is 7.05 Å². The number of hydrogen-bond donors (Lipinski definition) is 0. The second-order valence-electron chi connectivity index (χ2n) is 7.03. The fraction of sp³-hybridized carbons (Fsp3) is 0.500. The molecule has 1 aliphatic rings. The molecule has 1 unspecified atom stereocenters. The minimum absolute atomic E-state index is 0.00564. The summed E-state index contributed by atoms with van der Waals surface area (Å²) in [6.45, 7) is 4.64. The van der Waals surface area contributed by atoms with Crippen molar-refractivity contribution in [1.82, 2.24) is 14.4 Å². The van der Waals surface area contributed by atoms with Crippen molar-refractivity contribution in [3.8, 4) is 0 Å². The molecule has 0 aromatic carbocycles. The number of aromatic nitrogens is 1. The van der Waals surface area contributed by atoms with E-state index in [4.69, 9.17) is 4.42 Å². The summed E-state index contributed by atoms with van der Waals surface area (Å²) in [5.74, 6) is 0.0414. The van der Waals surface area contributed by atoms with E-state index in [0.29, 0.717) is 6.54 Å². The number of rotatable bonds is 8. The van der Waals surface area contributed by atoms with Gasteiger partial charge < -0.3 is 18.8 Å². The maximum absolute atomic E-state index is 13.1. The summed E-state index contributed by atoms with van der Waals surface area (Å²) < 4.78 is 7.29. The molecule has 0 saturated heterocycles. The Morgan fingerprint density at radius 2 is 2.08 bits per heavy atom. The van der Waals surface area contributed by atoms with Crippen LogP contribution < -0.4 is 0 Å². The van der Waals surface area contributed by atoms with Crippen molar-refractivity contribution in [2.75, 3.05) is 6.54 Å². The van der Waals surface area contributed by atoms with E-state index in [9.17, 15) is 9.59 Å². The monoisotopic (exact) mass is 357 g/mol. The highest BCUT2D eigenvalue weighted by Gasteiger charge is 2.35. The number of carbonyl (C=O) groups is 2. The maximum atomic E-state index is 13.1. The molecule has 6 heteroatoms. The van der Waals surface area contributed by atoms with Gasteiger partial charge >= 0.3 is 0 Å². The van der Waals surface area contributed by atoms with E-state index >= 15 is 0 Å². The first-order chi connectivity index (χ1) is 12.5. The number of amides is 2. The van der Waals surface area contributed by atoms with Gasteiger partial charge in [0.15, 0.2) is 5.76 Å². The molecule has 2 heterocycles. The van der Waals surface area contributed by atoms with E-state index in [1.807, 2.05) is 48.7 Å². The highest BCUT2D eigenvalue weighted by Crippen LogP contribution is 2.29. The number of carbonyl (C=O) groups excluding carboxylic acids is 2. The molecule has 2 aromatic heterocycles. The third-order valence-electron chi connectivity index (χ3n) is 5.11. The van der Waals surface area contributed by atoms with E-state index in [-0.39, 0.29) is 36.2 Å². The van der Waals surface area contributed by atoms with E-state index in [2.05, 4.69) is 0 Å². The molecule has 1 aliphatic carbocycles. The molecule has 0 N–H and O–H groups in total. The Hall–Kier alpha value is -2.50. The maximum Gasteiger partial charge on any atom is 0.290 e. The third-order valence-corrected chi connectivity index (χ3v) is 5.11. The normalized spacial score (nSPS) is 14.9. The zero-order valence-corrected chi connectivity index (χ0v) is 15.7. The first-order valence-corrected chi connectivity index (χ1v) is 9.25. The first-order valence-electron chi connectivity index (χ1n) is 9.25. The molecule has 6 nitrogen and oxygen atoms in total. The molecule has 0 bridgehead atoms. The number of aryl methyl sites for hydroxylation is 1. The fourth-order valence-electron chi connectivity index (χ4n) is 3.07. The summed E-state index contributed by atoms with van der Waals surface area (Å²) in [6.07, 6.45) is 6.31. The smallest absolute Gasteiger partial charge is 0.290 e. The Kier molecular flexibility index (Phi) is 5.49. The largest absolute Gasteiger partial charge is 0.459 e. The molecule has 0 spiro atoms. The van der Waals surface area contributed by atoms with E-state index in [0.717, 1.165) is 25.0 Å². The number of furan rings is 1. The predicted octanol–water partition coefficient (Wildman–Crippen LogP) is 3.05. The Morgan fingerprint density at radius 3 is 2.62 bits per heavy atom. The lowest BCUT2D eigenvalue weighted by Crippen LogP contribution is -2.47. The van der Waals surface area contributed by atoms with Crippen LogP contribution in [-0.2, 0) is 18.4 Å². The van der Waals surface area contributed by atoms with Crippen LogP contribution in [-0.4, -0.2) is 44.8 Å². The van der Waals surface area contributed by atoms with Gasteiger partial charge in [-0.2, -0.15) is 0 Å². The lowest BCUT2D eigenvalue weighted by atomic mass is 10.2. The number of hydrogen-bond acceptors (Lipinski definition) is 3. The van der Waals surface area contributed by atoms with Crippen molar-refractivity contribution in [1.29, 1.82) is 0 Å². The van der Waals surface area contributed by atoms with Gasteiger partial charge in [-0.25, -0.2) is 0 Å². The zero-order chi connectivity index (χ0) is 18.7. The fourth-order valence-corrected chi connectivity index (χ4v) is 3.07. The van der Waals surface area contributed by atoms with E-state index in [1.54, 1.807) is 17.0 Å². The lowest BCUT2D eigenvalue weighted by molar-refractivity contribution is -0.133. The highest BCUT2D eigenvalue weighted by molar-refractivity contribution is 5.94. The van der Waals surface area contributed by atoms with Crippen LogP contribution in [0.1, 0.15) is 49.4 Å². The first kappa shape index (κ1) is 18.3. The van der Waals surface area contributed by atoms with Gasteiger partial charge in [0.1, 0.15) is 6.54 Å². The minimum atomic E-state index is -0.229. The van der Waals surface area contributed by atoms with Crippen LogP contribution in [0, 0.1) is 0 Å². The Morgan fingerprint density at radius 1 is 1.31 bits per heavy atom. The van der Waals surface area contributed by atoms with Gasteiger partial charge in [0.05, 0.1) is 12.8 Å². The van der Waals surface area contributed by atoms with Crippen LogP contribution in [0.3, 0.4) is 0 Å². The van der Waals surface area contributed by atoms with Crippen LogP contribution in [0.5, 0.6) is 0 Å². The van der Waals surface area contributed by atoms with Crippen molar-refractivity contribution in [3.05, 3.63) is 48.2 Å². The van der Waals surface area contributed by atoms with E-state index in [1.165, 1.54) is 6.26 Å². The van der Waals surface area contributed by atoms with Crippen LogP contribution in [0.4, 0.5) is 0 Å². The molecule has 1 fully saturated rings. The summed E-state index contributed by atoms with van der Waals surface area (Å²) in [4.78, 5) is 29.4. The Bertz CT molecular complexity index is 746. The zero-order valence-electron chi connectivity index (χ0n) is 15.7. The topological polar surface area (TPSA) is 58.7 Å². The van der Waals surface area contributed by atoms with Gasteiger partial charge in [-0.05, 0) is 50.5 Å². The summed E-state index contributed by atoms with van der Waals surface area (Å²) >= 11 is 0. The second kappa shape index (κ2) is 7.81. The summed E-state index contributed by atoms with van der Waals surface area (Å²) in [6, 6.07) is 7.60. The molecule has 140 valence electrons. The van der Waals surface area contributed by atoms with Crippen LogP contribution in [0.2, 0.25) is 0 Å². The molecule has 26 heavy (non-hydrogen) atoms. The molecule has 2 aromatic rings. The lowest BCUT2D eigenvalue weighted by Gasteiger charge is -2.31. The Labute approximate surface area is 154 Å². The quantitative estimate of drug-likeness (QED) is 0.730. The van der Waals surface area contributed by atoms with Gasteiger partial charge in [0, 0.05) is 31.0 Å². The predicted molar refractivity (Wildman–Crippen MR) is 98.5 cm³/mol. The standard InChI is InChI=1S/C20H27N3O3/c1-4-15(2)22(20(25)18-8-6-12-26-18)14-19(24)23(16-9-10-16)13-17-7-5-11-21(17)3/h5-8,11-12,15-16H,4,9-10,13-14H2,1-3H3. The van der Waals surface area contributed by atoms with Gasteiger partial charge in [-0.3, -0.25) is 9.59 Å².